The summed E-state index contributed by atoms with van der Waals surface area (Å²) in [6.45, 7) is 2.02. The molecule has 12 heavy (non-hydrogen) atoms. The fourth-order valence-corrected chi connectivity index (χ4v) is 2.13. The summed E-state index contributed by atoms with van der Waals surface area (Å²) < 4.78 is 0. The SMILES string of the molecule is CSCCC(=O)c1ccc(C)s1. The van der Waals surface area contributed by atoms with Gasteiger partial charge in [0.2, 0.25) is 0 Å². The van der Waals surface area contributed by atoms with Crippen molar-refractivity contribution in [3.05, 3.63) is 21.9 Å². The van der Waals surface area contributed by atoms with Crippen LogP contribution in [-0.4, -0.2) is 17.8 Å². The zero-order valence-corrected chi connectivity index (χ0v) is 8.93. The molecule has 0 saturated carbocycles. The van der Waals surface area contributed by atoms with E-state index in [-0.39, 0.29) is 5.78 Å². The van der Waals surface area contributed by atoms with Gasteiger partial charge in [-0.05, 0) is 25.3 Å². The van der Waals surface area contributed by atoms with E-state index in [1.54, 1.807) is 23.1 Å². The van der Waals surface area contributed by atoms with Crippen LogP contribution in [0.3, 0.4) is 0 Å². The minimum Gasteiger partial charge on any atom is -0.293 e. The highest BCUT2D eigenvalue weighted by Crippen LogP contribution is 2.17. The van der Waals surface area contributed by atoms with Crippen molar-refractivity contribution in [2.45, 2.75) is 13.3 Å². The van der Waals surface area contributed by atoms with Crippen molar-refractivity contribution in [3.63, 3.8) is 0 Å². The summed E-state index contributed by atoms with van der Waals surface area (Å²) in [7, 11) is 0. The highest BCUT2D eigenvalue weighted by molar-refractivity contribution is 7.98. The molecule has 1 aromatic rings. The van der Waals surface area contributed by atoms with Gasteiger partial charge in [-0.15, -0.1) is 11.3 Å². The average molecular weight is 200 g/mol. The minimum absolute atomic E-state index is 0.280. The van der Waals surface area contributed by atoms with Crippen LogP contribution in [0.1, 0.15) is 21.0 Å². The number of thioether (sulfide) groups is 1. The first-order chi connectivity index (χ1) is 5.74. The highest BCUT2D eigenvalue weighted by atomic mass is 32.2. The van der Waals surface area contributed by atoms with Crippen molar-refractivity contribution in [1.29, 1.82) is 0 Å². The zero-order chi connectivity index (χ0) is 8.97. The van der Waals surface area contributed by atoms with E-state index in [0.29, 0.717) is 6.42 Å². The summed E-state index contributed by atoms with van der Waals surface area (Å²) in [5.41, 5.74) is 0. The zero-order valence-electron chi connectivity index (χ0n) is 7.29. The number of hydrogen-bond donors (Lipinski definition) is 0. The van der Waals surface area contributed by atoms with Crippen LogP contribution in [0.5, 0.6) is 0 Å². The lowest BCUT2D eigenvalue weighted by atomic mass is 10.2. The molecule has 1 aromatic heterocycles. The Labute approximate surface area is 81.2 Å². The molecule has 0 fully saturated rings. The number of carbonyl (C=O) groups excluding carboxylic acids is 1. The number of carbonyl (C=O) groups is 1. The maximum Gasteiger partial charge on any atom is 0.173 e. The van der Waals surface area contributed by atoms with Crippen molar-refractivity contribution in [2.75, 3.05) is 12.0 Å². The first-order valence-corrected chi connectivity index (χ1v) is 6.03. The molecule has 0 atom stereocenters. The van der Waals surface area contributed by atoms with Crippen molar-refractivity contribution in [1.82, 2.24) is 0 Å². The summed E-state index contributed by atoms with van der Waals surface area (Å²) in [5, 5.41) is 0. The number of Topliss-reactive ketones (excluding diaryl/α,β-unsaturated/α-hetero) is 1. The van der Waals surface area contributed by atoms with Gasteiger partial charge in [-0.2, -0.15) is 11.8 Å². The van der Waals surface area contributed by atoms with E-state index in [1.807, 2.05) is 25.3 Å². The Kier molecular flexibility index (Phi) is 3.82. The van der Waals surface area contributed by atoms with Crippen LogP contribution >= 0.6 is 23.1 Å². The Bertz CT molecular complexity index is 265. The maximum atomic E-state index is 11.4. The molecule has 0 spiro atoms. The van der Waals surface area contributed by atoms with Crippen LogP contribution in [0, 0.1) is 6.92 Å². The van der Waals surface area contributed by atoms with Gasteiger partial charge in [0, 0.05) is 17.1 Å². The molecule has 3 heteroatoms. The van der Waals surface area contributed by atoms with E-state index in [1.165, 1.54) is 4.88 Å². The van der Waals surface area contributed by atoms with Crippen molar-refractivity contribution in [2.24, 2.45) is 0 Å². The summed E-state index contributed by atoms with van der Waals surface area (Å²) in [5.74, 6) is 1.21. The van der Waals surface area contributed by atoms with E-state index in [2.05, 4.69) is 0 Å². The Morgan fingerprint density at radius 1 is 1.58 bits per heavy atom. The smallest absolute Gasteiger partial charge is 0.173 e. The summed E-state index contributed by atoms with van der Waals surface area (Å²) in [4.78, 5) is 13.5. The number of thiophene rings is 1. The predicted octanol–water partition coefficient (Wildman–Crippen LogP) is 2.99. The van der Waals surface area contributed by atoms with Gasteiger partial charge >= 0.3 is 0 Å². The molecule has 0 radical (unpaired) electrons. The Hall–Kier alpha value is -0.280. The molecule has 0 aliphatic rings. The standard InChI is InChI=1S/C9H12OS2/c1-7-3-4-9(12-7)8(10)5-6-11-2/h3-4H,5-6H2,1-2H3. The van der Waals surface area contributed by atoms with Crippen molar-refractivity contribution >= 4 is 28.9 Å². The molecule has 66 valence electrons. The Balaban J connectivity index is 2.53. The van der Waals surface area contributed by atoms with E-state index in [4.69, 9.17) is 0 Å². The molecule has 0 amide bonds. The molecule has 0 saturated heterocycles. The monoisotopic (exact) mass is 200 g/mol. The molecule has 1 rings (SSSR count). The molecular weight excluding hydrogens is 188 g/mol. The van der Waals surface area contributed by atoms with E-state index in [9.17, 15) is 4.79 Å². The summed E-state index contributed by atoms with van der Waals surface area (Å²) >= 11 is 3.30. The third kappa shape index (κ3) is 2.64. The largest absolute Gasteiger partial charge is 0.293 e. The van der Waals surface area contributed by atoms with Gasteiger partial charge in [-0.25, -0.2) is 0 Å². The molecule has 0 N–H and O–H groups in total. The fraction of sp³-hybridized carbons (Fsp3) is 0.444. The summed E-state index contributed by atoms with van der Waals surface area (Å²) in [6, 6.07) is 3.92. The third-order valence-corrected chi connectivity index (χ3v) is 3.20. The van der Waals surface area contributed by atoms with Crippen LogP contribution in [-0.2, 0) is 0 Å². The molecule has 0 unspecified atom stereocenters. The lowest BCUT2D eigenvalue weighted by molar-refractivity contribution is 0.0993. The average Bonchev–Trinajstić information content (AvgIpc) is 2.47. The van der Waals surface area contributed by atoms with Gasteiger partial charge in [0.1, 0.15) is 0 Å². The maximum absolute atomic E-state index is 11.4. The first kappa shape index (κ1) is 9.81. The Morgan fingerprint density at radius 3 is 2.83 bits per heavy atom. The van der Waals surface area contributed by atoms with Crippen LogP contribution < -0.4 is 0 Å². The van der Waals surface area contributed by atoms with Crippen LogP contribution in [0.15, 0.2) is 12.1 Å². The molecular formula is C9H12OS2. The number of hydrogen-bond acceptors (Lipinski definition) is 3. The lowest BCUT2D eigenvalue weighted by Gasteiger charge is -1.93. The molecule has 1 heterocycles. The van der Waals surface area contributed by atoms with E-state index < -0.39 is 0 Å². The topological polar surface area (TPSA) is 17.1 Å². The predicted molar refractivity (Wildman–Crippen MR) is 56.4 cm³/mol. The molecule has 0 aromatic carbocycles. The molecule has 0 aliphatic heterocycles. The van der Waals surface area contributed by atoms with Gasteiger partial charge in [-0.1, -0.05) is 0 Å². The van der Waals surface area contributed by atoms with Crippen molar-refractivity contribution in [3.8, 4) is 0 Å². The Morgan fingerprint density at radius 2 is 2.33 bits per heavy atom. The minimum atomic E-state index is 0.280. The van der Waals surface area contributed by atoms with Gasteiger partial charge in [0.25, 0.3) is 0 Å². The summed E-state index contributed by atoms with van der Waals surface area (Å²) in [6.07, 6.45) is 2.69. The van der Waals surface area contributed by atoms with Gasteiger partial charge in [-0.3, -0.25) is 4.79 Å². The molecule has 0 bridgehead atoms. The van der Waals surface area contributed by atoms with Gasteiger partial charge in [0.15, 0.2) is 5.78 Å². The van der Waals surface area contributed by atoms with E-state index >= 15 is 0 Å². The van der Waals surface area contributed by atoms with Crippen LogP contribution in [0.4, 0.5) is 0 Å². The third-order valence-electron chi connectivity index (χ3n) is 1.55. The first-order valence-electron chi connectivity index (χ1n) is 3.82. The second-order valence-electron chi connectivity index (χ2n) is 2.58. The van der Waals surface area contributed by atoms with Crippen LogP contribution in [0.2, 0.25) is 0 Å². The van der Waals surface area contributed by atoms with E-state index in [0.717, 1.165) is 10.6 Å². The lowest BCUT2D eigenvalue weighted by Crippen LogP contribution is -1.96. The number of ketones is 1. The fourth-order valence-electron chi connectivity index (χ4n) is 0.902. The van der Waals surface area contributed by atoms with Crippen LogP contribution in [0.25, 0.3) is 0 Å². The quantitative estimate of drug-likeness (QED) is 0.695. The second kappa shape index (κ2) is 4.67. The number of aryl methyl sites for hydroxylation is 1. The highest BCUT2D eigenvalue weighted by Gasteiger charge is 2.06. The normalized spacial score (nSPS) is 10.2. The van der Waals surface area contributed by atoms with Crippen molar-refractivity contribution < 1.29 is 4.79 Å². The second-order valence-corrected chi connectivity index (χ2v) is 4.85. The molecule has 1 nitrogen and oxygen atoms in total. The van der Waals surface area contributed by atoms with Gasteiger partial charge in [0.05, 0.1) is 4.88 Å². The number of rotatable bonds is 4. The molecule has 0 aliphatic carbocycles. The van der Waals surface area contributed by atoms with Gasteiger partial charge < -0.3 is 0 Å².